The second-order valence-electron chi connectivity index (χ2n) is 7.73. The molecule has 0 aromatic heterocycles. The summed E-state index contributed by atoms with van der Waals surface area (Å²) < 4.78 is 0. The Hall–Kier alpha value is -1.79. The van der Waals surface area contributed by atoms with Gasteiger partial charge in [-0.15, -0.1) is 0 Å². The van der Waals surface area contributed by atoms with Crippen LogP contribution in [-0.4, -0.2) is 65.0 Å². The van der Waals surface area contributed by atoms with E-state index in [9.17, 15) is 19.5 Å². The summed E-state index contributed by atoms with van der Waals surface area (Å²) in [5.41, 5.74) is -0.846. The summed E-state index contributed by atoms with van der Waals surface area (Å²) in [5, 5.41) is 12.3. The molecular weight excluding hydrogens is 310 g/mol. The Morgan fingerprint density at radius 2 is 1.79 bits per heavy atom. The molecule has 3 amide bonds. The van der Waals surface area contributed by atoms with Gasteiger partial charge in [0.1, 0.15) is 0 Å². The molecular formula is C17H27N3O4. The van der Waals surface area contributed by atoms with Crippen LogP contribution >= 0.6 is 0 Å². The summed E-state index contributed by atoms with van der Waals surface area (Å²) in [4.78, 5) is 39.6. The molecule has 2 heterocycles. The van der Waals surface area contributed by atoms with Crippen LogP contribution in [-0.2, 0) is 9.59 Å². The van der Waals surface area contributed by atoms with E-state index in [0.29, 0.717) is 19.4 Å². The molecule has 24 heavy (non-hydrogen) atoms. The maximum atomic E-state index is 12.4. The molecule has 7 nitrogen and oxygen atoms in total. The molecule has 2 saturated heterocycles. The minimum Gasteiger partial charge on any atom is -0.481 e. The lowest BCUT2D eigenvalue weighted by atomic mass is 9.90. The third kappa shape index (κ3) is 3.35. The predicted octanol–water partition coefficient (Wildman–Crippen LogP) is 1.28. The van der Waals surface area contributed by atoms with Crippen LogP contribution in [0.3, 0.4) is 0 Å². The van der Waals surface area contributed by atoms with Crippen LogP contribution in [0.15, 0.2) is 0 Å². The van der Waals surface area contributed by atoms with Gasteiger partial charge >= 0.3 is 12.0 Å². The second-order valence-corrected chi connectivity index (χ2v) is 7.73. The molecule has 3 atom stereocenters. The lowest BCUT2D eigenvalue weighted by molar-refractivity contribution is -0.147. The number of carboxylic acid groups (broad SMARTS) is 1. The standard InChI is InChI=1S/C17H27N3O4/c1-17(15(22)23)6-9-20(11-17)16(24)18-13-5-4-12(10-13)14(21)19-7-2-3-8-19/h12-13H,2-11H2,1H3,(H,18,24)(H,22,23)/t12-,13+,17?/m1/s1. The minimum atomic E-state index is -0.852. The number of carbonyl (C=O) groups is 3. The third-order valence-corrected chi connectivity index (χ3v) is 5.80. The van der Waals surface area contributed by atoms with Crippen molar-refractivity contribution < 1.29 is 19.5 Å². The van der Waals surface area contributed by atoms with Crippen LogP contribution in [0, 0.1) is 11.3 Å². The molecule has 3 aliphatic rings. The van der Waals surface area contributed by atoms with E-state index in [1.54, 1.807) is 11.8 Å². The molecule has 2 N–H and O–H groups in total. The van der Waals surface area contributed by atoms with Gasteiger partial charge in [0.05, 0.1) is 5.41 Å². The van der Waals surface area contributed by atoms with Crippen LogP contribution in [0.25, 0.3) is 0 Å². The Morgan fingerprint density at radius 1 is 1.08 bits per heavy atom. The van der Waals surface area contributed by atoms with Crippen molar-refractivity contribution in [2.24, 2.45) is 11.3 Å². The predicted molar refractivity (Wildman–Crippen MR) is 87.4 cm³/mol. The first kappa shape index (κ1) is 17.0. The van der Waals surface area contributed by atoms with Gasteiger partial charge in [-0.25, -0.2) is 4.79 Å². The average Bonchev–Trinajstić information content (AvgIpc) is 3.27. The van der Waals surface area contributed by atoms with E-state index in [1.165, 1.54) is 0 Å². The van der Waals surface area contributed by atoms with E-state index in [2.05, 4.69) is 5.32 Å². The zero-order valence-electron chi connectivity index (χ0n) is 14.3. The first-order chi connectivity index (χ1) is 11.4. The van der Waals surface area contributed by atoms with Gasteiger partial charge in [-0.05, 0) is 45.4 Å². The zero-order chi connectivity index (χ0) is 17.3. The first-order valence-corrected chi connectivity index (χ1v) is 8.97. The SMILES string of the molecule is CC1(C(=O)O)CCN(C(=O)N[C@H]2CC[C@@H](C(=O)N3CCCC3)C2)C1. The summed E-state index contributed by atoms with van der Waals surface area (Å²) in [5.74, 6) is -0.588. The molecule has 1 aliphatic carbocycles. The summed E-state index contributed by atoms with van der Waals surface area (Å²) in [6, 6.07) is -0.176. The topological polar surface area (TPSA) is 90.0 Å². The molecule has 2 aliphatic heterocycles. The van der Waals surface area contributed by atoms with Gasteiger partial charge in [0, 0.05) is 38.1 Å². The van der Waals surface area contributed by atoms with Crippen LogP contribution in [0.2, 0.25) is 0 Å². The van der Waals surface area contributed by atoms with Crippen LogP contribution in [0.1, 0.15) is 45.4 Å². The third-order valence-electron chi connectivity index (χ3n) is 5.80. The van der Waals surface area contributed by atoms with Crippen molar-refractivity contribution in [3.05, 3.63) is 0 Å². The second kappa shape index (κ2) is 6.61. The normalized spacial score (nSPS) is 33.0. The molecule has 0 spiro atoms. The highest BCUT2D eigenvalue weighted by atomic mass is 16.4. The number of hydrogen-bond donors (Lipinski definition) is 2. The van der Waals surface area contributed by atoms with E-state index in [4.69, 9.17) is 0 Å². The van der Waals surface area contributed by atoms with Gasteiger partial charge in [-0.1, -0.05) is 0 Å². The molecule has 1 unspecified atom stereocenters. The van der Waals surface area contributed by atoms with E-state index in [-0.39, 0.29) is 30.4 Å². The quantitative estimate of drug-likeness (QED) is 0.812. The number of carbonyl (C=O) groups excluding carboxylic acids is 2. The number of nitrogens with one attached hydrogen (secondary N) is 1. The fourth-order valence-corrected chi connectivity index (χ4v) is 4.11. The number of hydrogen-bond acceptors (Lipinski definition) is 3. The van der Waals surface area contributed by atoms with Gasteiger partial charge in [0.15, 0.2) is 0 Å². The molecule has 3 fully saturated rings. The van der Waals surface area contributed by atoms with E-state index in [0.717, 1.165) is 38.8 Å². The van der Waals surface area contributed by atoms with Crippen molar-refractivity contribution in [2.75, 3.05) is 26.2 Å². The Kier molecular flexibility index (Phi) is 4.69. The van der Waals surface area contributed by atoms with Crippen molar-refractivity contribution in [1.29, 1.82) is 0 Å². The minimum absolute atomic E-state index is 0.0192. The highest BCUT2D eigenvalue weighted by Crippen LogP contribution is 2.31. The molecule has 7 heteroatoms. The Morgan fingerprint density at radius 3 is 2.42 bits per heavy atom. The van der Waals surface area contributed by atoms with Crippen molar-refractivity contribution in [1.82, 2.24) is 15.1 Å². The largest absolute Gasteiger partial charge is 0.481 e. The summed E-state index contributed by atoms with van der Waals surface area (Å²) in [6.45, 7) is 4.14. The number of nitrogens with zero attached hydrogens (tertiary/aromatic N) is 2. The van der Waals surface area contributed by atoms with Crippen molar-refractivity contribution >= 4 is 17.9 Å². The molecule has 3 rings (SSSR count). The van der Waals surface area contributed by atoms with Gasteiger partial charge < -0.3 is 20.2 Å². The first-order valence-electron chi connectivity index (χ1n) is 8.97. The average molecular weight is 337 g/mol. The van der Waals surface area contributed by atoms with Crippen molar-refractivity contribution in [3.8, 4) is 0 Å². The van der Waals surface area contributed by atoms with Crippen LogP contribution in [0.4, 0.5) is 4.79 Å². The fraction of sp³-hybridized carbons (Fsp3) is 0.824. The number of rotatable bonds is 3. The maximum absolute atomic E-state index is 12.4. The van der Waals surface area contributed by atoms with E-state index >= 15 is 0 Å². The van der Waals surface area contributed by atoms with Gasteiger partial charge in [0.2, 0.25) is 5.91 Å². The van der Waals surface area contributed by atoms with Crippen LogP contribution < -0.4 is 5.32 Å². The molecule has 0 aromatic rings. The molecule has 134 valence electrons. The number of amides is 3. The summed E-state index contributed by atoms with van der Waals surface area (Å²) in [7, 11) is 0. The number of urea groups is 1. The maximum Gasteiger partial charge on any atom is 0.317 e. The number of aliphatic carboxylic acids is 1. The van der Waals surface area contributed by atoms with E-state index < -0.39 is 11.4 Å². The summed E-state index contributed by atoms with van der Waals surface area (Å²) >= 11 is 0. The highest BCUT2D eigenvalue weighted by Gasteiger charge is 2.43. The van der Waals surface area contributed by atoms with Crippen molar-refractivity contribution in [2.45, 2.75) is 51.5 Å². The lowest BCUT2D eigenvalue weighted by Crippen LogP contribution is -2.44. The van der Waals surface area contributed by atoms with Gasteiger partial charge in [-0.3, -0.25) is 9.59 Å². The lowest BCUT2D eigenvalue weighted by Gasteiger charge is -2.23. The number of carboxylic acids is 1. The zero-order valence-corrected chi connectivity index (χ0v) is 14.3. The molecule has 0 bridgehead atoms. The van der Waals surface area contributed by atoms with Gasteiger partial charge in [-0.2, -0.15) is 0 Å². The molecule has 0 aromatic carbocycles. The Bertz CT molecular complexity index is 532. The van der Waals surface area contributed by atoms with Crippen molar-refractivity contribution in [3.63, 3.8) is 0 Å². The van der Waals surface area contributed by atoms with E-state index in [1.807, 2.05) is 4.90 Å². The monoisotopic (exact) mass is 337 g/mol. The van der Waals surface area contributed by atoms with Crippen LogP contribution in [0.5, 0.6) is 0 Å². The number of likely N-dealkylation sites (tertiary alicyclic amines) is 2. The smallest absolute Gasteiger partial charge is 0.317 e. The molecule has 1 saturated carbocycles. The molecule has 0 radical (unpaired) electrons. The summed E-state index contributed by atoms with van der Waals surface area (Å²) in [6.07, 6.45) is 5.01. The highest BCUT2D eigenvalue weighted by molar-refractivity contribution is 5.81. The Labute approximate surface area is 142 Å². The fourth-order valence-electron chi connectivity index (χ4n) is 4.11. The van der Waals surface area contributed by atoms with Gasteiger partial charge in [0.25, 0.3) is 0 Å². The Balaban J connectivity index is 1.48.